The number of nitrogens with one attached hydrogen (secondary N) is 3. The molecule has 1 unspecified atom stereocenters. The van der Waals surface area contributed by atoms with Crippen LogP contribution in [0.5, 0.6) is 0 Å². The number of carbonyl (C=O) groups is 2. The van der Waals surface area contributed by atoms with Gasteiger partial charge < -0.3 is 14.6 Å². The van der Waals surface area contributed by atoms with E-state index in [1.165, 1.54) is 37.3 Å². The van der Waals surface area contributed by atoms with Gasteiger partial charge in [0.1, 0.15) is 17.0 Å². The van der Waals surface area contributed by atoms with E-state index in [1.807, 2.05) is 18.6 Å². The number of pyridine rings is 1. The van der Waals surface area contributed by atoms with E-state index in [0.717, 1.165) is 11.1 Å². The van der Waals surface area contributed by atoms with Crippen LogP contribution in [0.25, 0.3) is 11.2 Å². The lowest BCUT2D eigenvalue weighted by atomic mass is 10.2. The highest BCUT2D eigenvalue weighted by Crippen LogP contribution is 2.25. The number of nitrogens with zero attached hydrogens (tertiary/aromatic N) is 3. The molecule has 0 bridgehead atoms. The third kappa shape index (κ3) is 7.93. The zero-order valence-electron chi connectivity index (χ0n) is 26.2. The van der Waals surface area contributed by atoms with Gasteiger partial charge in [0.15, 0.2) is 11.9 Å². The largest absolute Gasteiger partial charge is 0.425 e. The molecular weight excluding hydrogens is 680 g/mol. The van der Waals surface area contributed by atoms with Crippen molar-refractivity contribution in [3.63, 3.8) is 0 Å². The summed E-state index contributed by atoms with van der Waals surface area (Å²) in [7, 11) is -8.24. The summed E-state index contributed by atoms with van der Waals surface area (Å²) in [4.78, 5) is 34.0. The molecule has 0 radical (unpaired) electrons. The summed E-state index contributed by atoms with van der Waals surface area (Å²) >= 11 is 6.60. The van der Waals surface area contributed by atoms with Crippen molar-refractivity contribution < 1.29 is 31.2 Å². The lowest BCUT2D eigenvalue weighted by Gasteiger charge is -2.17. The number of hydrogen-bond donors (Lipinski definition) is 3. The first-order valence-electron chi connectivity index (χ1n) is 14.4. The number of hydrogen-bond acceptors (Lipinski definition) is 10. The van der Waals surface area contributed by atoms with Gasteiger partial charge in [0.05, 0.1) is 16.3 Å². The molecule has 0 saturated heterocycles. The molecule has 2 aromatic heterocycles. The second kappa shape index (κ2) is 13.6. The number of anilines is 1. The maximum Gasteiger partial charge on any atom is 0.423 e. The first-order valence-corrected chi connectivity index (χ1v) is 17.8. The van der Waals surface area contributed by atoms with E-state index in [-0.39, 0.29) is 22.0 Å². The van der Waals surface area contributed by atoms with E-state index in [9.17, 15) is 26.4 Å². The standard InChI is InChI=1S/C32H31ClN6O7S2/c1-19-5-11-25(12-6-19)47(42,43)37-31(40)29-16-15-28-30(36-29)39(21(3)34-28)18-23-9-10-24(17-27(23)33)35-22(4)46-32(41)38-48(44,45)26-13-7-20(2)8-14-26/h5-17,22,35H,18H2,1-4H3,(H,37,40)(H,38,41). The molecular formula is C32H31ClN6O7S2. The molecule has 5 rings (SSSR count). The highest BCUT2D eigenvalue weighted by molar-refractivity contribution is 7.90. The maximum absolute atomic E-state index is 12.9. The molecule has 0 aliphatic carbocycles. The number of aromatic nitrogens is 3. The van der Waals surface area contributed by atoms with Gasteiger partial charge in [-0.2, -0.15) is 0 Å². The van der Waals surface area contributed by atoms with Crippen LogP contribution in [-0.4, -0.2) is 49.6 Å². The molecule has 0 saturated carbocycles. The summed E-state index contributed by atoms with van der Waals surface area (Å²) < 4.78 is 61.3. The molecule has 13 nitrogen and oxygen atoms in total. The van der Waals surface area contributed by atoms with Crippen LogP contribution >= 0.6 is 11.6 Å². The zero-order valence-corrected chi connectivity index (χ0v) is 28.6. The Morgan fingerprint density at radius 1 is 0.812 bits per heavy atom. The lowest BCUT2D eigenvalue weighted by Crippen LogP contribution is -2.35. The fraction of sp³-hybridized carbons (Fsp3) is 0.188. The van der Waals surface area contributed by atoms with Crippen molar-refractivity contribution in [1.29, 1.82) is 0 Å². The Morgan fingerprint density at radius 2 is 1.40 bits per heavy atom. The number of halogens is 1. The Morgan fingerprint density at radius 3 is 1.98 bits per heavy atom. The van der Waals surface area contributed by atoms with Gasteiger partial charge in [-0.05, 0) is 81.8 Å². The van der Waals surface area contributed by atoms with E-state index in [2.05, 4.69) is 20.0 Å². The molecule has 48 heavy (non-hydrogen) atoms. The molecule has 3 N–H and O–H groups in total. The average molecular weight is 711 g/mol. The molecule has 16 heteroatoms. The summed E-state index contributed by atoms with van der Waals surface area (Å²) in [5, 5.41) is 3.28. The van der Waals surface area contributed by atoms with Crippen LogP contribution in [0, 0.1) is 20.8 Å². The van der Waals surface area contributed by atoms with Gasteiger partial charge in [0.2, 0.25) is 0 Å². The van der Waals surface area contributed by atoms with Crippen molar-refractivity contribution in [2.75, 3.05) is 5.32 Å². The fourth-order valence-corrected chi connectivity index (χ4v) is 6.73. The van der Waals surface area contributed by atoms with Gasteiger partial charge >= 0.3 is 6.09 Å². The molecule has 250 valence electrons. The number of amides is 2. The van der Waals surface area contributed by atoms with E-state index in [1.54, 1.807) is 60.0 Å². The van der Waals surface area contributed by atoms with Crippen LogP contribution in [0.3, 0.4) is 0 Å². The van der Waals surface area contributed by atoms with Gasteiger partial charge in [-0.1, -0.05) is 53.1 Å². The van der Waals surface area contributed by atoms with Gasteiger partial charge in [-0.15, -0.1) is 0 Å². The van der Waals surface area contributed by atoms with Gasteiger partial charge in [-0.3, -0.25) is 4.79 Å². The Labute approximate surface area is 282 Å². The number of sulfonamides is 2. The topological polar surface area (TPSA) is 178 Å². The number of carbonyl (C=O) groups excluding carboxylic acids is 2. The Balaban J connectivity index is 1.26. The van der Waals surface area contributed by atoms with Gasteiger partial charge in [0.25, 0.3) is 26.0 Å². The van der Waals surface area contributed by atoms with Crippen molar-refractivity contribution in [3.8, 4) is 0 Å². The van der Waals surface area contributed by atoms with Crippen LogP contribution in [0.15, 0.2) is 88.7 Å². The number of imidazole rings is 1. The van der Waals surface area contributed by atoms with E-state index < -0.39 is 38.3 Å². The fourth-order valence-electron chi connectivity index (χ4n) is 4.65. The first kappa shape index (κ1) is 34.3. The van der Waals surface area contributed by atoms with Crippen LogP contribution in [-0.2, 0) is 31.3 Å². The van der Waals surface area contributed by atoms with Crippen molar-refractivity contribution in [2.24, 2.45) is 0 Å². The zero-order chi connectivity index (χ0) is 34.8. The summed E-state index contributed by atoms with van der Waals surface area (Å²) in [6.07, 6.45) is -2.09. The third-order valence-corrected chi connectivity index (χ3v) is 10.2. The normalized spacial score (nSPS) is 12.4. The highest BCUT2D eigenvalue weighted by Gasteiger charge is 2.22. The highest BCUT2D eigenvalue weighted by atomic mass is 35.5. The summed E-state index contributed by atoms with van der Waals surface area (Å²) in [5.41, 5.74) is 3.62. The minimum Gasteiger partial charge on any atom is -0.425 e. The monoisotopic (exact) mass is 710 g/mol. The summed E-state index contributed by atoms with van der Waals surface area (Å²) in [5.74, 6) is -0.316. The second-order valence-electron chi connectivity index (χ2n) is 10.9. The molecule has 3 aromatic carbocycles. The molecule has 2 amide bonds. The number of fused-ring (bicyclic) bond motifs is 1. The van der Waals surface area contributed by atoms with E-state index >= 15 is 0 Å². The van der Waals surface area contributed by atoms with Gasteiger partial charge in [0, 0.05) is 10.7 Å². The van der Waals surface area contributed by atoms with Crippen LogP contribution < -0.4 is 14.8 Å². The molecule has 0 spiro atoms. The average Bonchev–Trinajstić information content (AvgIpc) is 3.32. The smallest absolute Gasteiger partial charge is 0.423 e. The van der Waals surface area contributed by atoms with Crippen molar-refractivity contribution in [1.82, 2.24) is 24.0 Å². The Bertz CT molecular complexity index is 2240. The van der Waals surface area contributed by atoms with Crippen LogP contribution in [0.2, 0.25) is 5.02 Å². The second-order valence-corrected chi connectivity index (χ2v) is 14.7. The number of ether oxygens (including phenoxy) is 1. The molecule has 5 aromatic rings. The van der Waals surface area contributed by atoms with E-state index in [4.69, 9.17) is 16.3 Å². The third-order valence-electron chi connectivity index (χ3n) is 7.16. The summed E-state index contributed by atoms with van der Waals surface area (Å²) in [6.45, 7) is 7.13. The Hall–Kier alpha value is -4.99. The van der Waals surface area contributed by atoms with Gasteiger partial charge in [-0.25, -0.2) is 41.0 Å². The van der Waals surface area contributed by atoms with Crippen molar-refractivity contribution >= 4 is 60.5 Å². The first-order chi connectivity index (χ1) is 22.6. The van der Waals surface area contributed by atoms with Crippen molar-refractivity contribution in [3.05, 3.63) is 112 Å². The quantitative estimate of drug-likeness (QED) is 0.166. The Kier molecular flexibility index (Phi) is 9.75. The molecule has 1 atom stereocenters. The molecule has 0 aliphatic heterocycles. The number of benzene rings is 3. The summed E-state index contributed by atoms with van der Waals surface area (Å²) in [6, 6.07) is 20.1. The molecule has 2 heterocycles. The minimum absolute atomic E-state index is 0.0497. The number of rotatable bonds is 10. The maximum atomic E-state index is 12.9. The molecule has 0 fully saturated rings. The predicted octanol–water partition coefficient (Wildman–Crippen LogP) is 5.05. The minimum atomic E-state index is -4.12. The molecule has 0 aliphatic rings. The van der Waals surface area contributed by atoms with Crippen LogP contribution in [0.4, 0.5) is 10.5 Å². The lowest BCUT2D eigenvalue weighted by molar-refractivity contribution is 0.0976. The van der Waals surface area contributed by atoms with Crippen molar-refractivity contribution in [2.45, 2.75) is 50.3 Å². The van der Waals surface area contributed by atoms with Crippen LogP contribution in [0.1, 0.15) is 39.9 Å². The SMILES string of the molecule is Cc1ccc(S(=O)(=O)NC(=O)OC(C)Nc2ccc(Cn3c(C)nc4ccc(C(=O)NS(=O)(=O)c5ccc(C)cc5)nc43)c(Cl)c2)cc1. The van der Waals surface area contributed by atoms with E-state index in [0.29, 0.717) is 33.3 Å². The predicted molar refractivity (Wildman–Crippen MR) is 180 cm³/mol. The number of aryl methyl sites for hydroxylation is 3.